The number of rotatable bonds is 3. The van der Waals surface area contributed by atoms with Crippen molar-refractivity contribution >= 4 is 23.3 Å². The average molecular weight is 270 g/mol. The number of nitrogens with one attached hydrogen (secondary N) is 1. The minimum atomic E-state index is -1.01. The van der Waals surface area contributed by atoms with Crippen molar-refractivity contribution in [1.29, 1.82) is 0 Å². The van der Waals surface area contributed by atoms with Crippen molar-refractivity contribution in [3.8, 4) is 0 Å². The van der Waals surface area contributed by atoms with Crippen LogP contribution in [0.15, 0.2) is 42.5 Å². The second-order valence-corrected chi connectivity index (χ2v) is 4.43. The lowest BCUT2D eigenvalue weighted by Crippen LogP contribution is -2.14. The molecule has 0 radical (unpaired) electrons. The van der Waals surface area contributed by atoms with Gasteiger partial charge in [-0.2, -0.15) is 0 Å². The number of hydrogen-bond acceptors (Lipinski definition) is 3. The van der Waals surface area contributed by atoms with Crippen LogP contribution in [0.5, 0.6) is 0 Å². The van der Waals surface area contributed by atoms with Crippen molar-refractivity contribution in [3.05, 3.63) is 59.2 Å². The summed E-state index contributed by atoms with van der Waals surface area (Å²) < 4.78 is 0. The number of amides is 1. The zero-order chi connectivity index (χ0) is 14.7. The number of carboxylic acid groups (broad SMARTS) is 1. The molecule has 5 nitrogen and oxygen atoms in total. The second kappa shape index (κ2) is 5.44. The van der Waals surface area contributed by atoms with Gasteiger partial charge in [-0.3, -0.25) is 4.79 Å². The maximum Gasteiger partial charge on any atom is 0.335 e. The molecule has 0 fully saturated rings. The van der Waals surface area contributed by atoms with Gasteiger partial charge in [0.1, 0.15) is 0 Å². The van der Waals surface area contributed by atoms with Gasteiger partial charge in [-0.05, 0) is 43.3 Å². The third-order valence-electron chi connectivity index (χ3n) is 2.84. The summed E-state index contributed by atoms with van der Waals surface area (Å²) >= 11 is 0. The molecule has 102 valence electrons. The van der Waals surface area contributed by atoms with Gasteiger partial charge in [0, 0.05) is 11.4 Å². The van der Waals surface area contributed by atoms with Crippen LogP contribution >= 0.6 is 0 Å². The molecule has 2 rings (SSSR count). The minimum absolute atomic E-state index is 0.165. The van der Waals surface area contributed by atoms with Crippen LogP contribution in [0.1, 0.15) is 26.3 Å². The second-order valence-electron chi connectivity index (χ2n) is 4.43. The molecule has 2 aromatic carbocycles. The monoisotopic (exact) mass is 270 g/mol. The largest absolute Gasteiger partial charge is 0.478 e. The molecule has 0 saturated heterocycles. The van der Waals surface area contributed by atoms with Crippen molar-refractivity contribution in [2.45, 2.75) is 6.92 Å². The van der Waals surface area contributed by atoms with E-state index in [4.69, 9.17) is 10.8 Å². The molecule has 0 unspecified atom stereocenters. The fourth-order valence-electron chi connectivity index (χ4n) is 1.76. The first-order valence-electron chi connectivity index (χ1n) is 5.98. The quantitative estimate of drug-likeness (QED) is 0.747. The molecule has 0 aliphatic carbocycles. The highest BCUT2D eigenvalue weighted by molar-refractivity contribution is 6.08. The number of anilines is 2. The summed E-state index contributed by atoms with van der Waals surface area (Å²) in [7, 11) is 0. The lowest BCUT2D eigenvalue weighted by atomic mass is 10.1. The lowest BCUT2D eigenvalue weighted by Gasteiger charge is -2.08. The summed E-state index contributed by atoms with van der Waals surface area (Å²) in [5.41, 5.74) is 8.18. The number of carbonyl (C=O) groups is 2. The van der Waals surface area contributed by atoms with E-state index in [1.807, 2.05) is 13.0 Å². The SMILES string of the molecule is Cc1ccc(N)c(C(=O)Nc2ccc(C(=O)O)cc2)c1. The average Bonchev–Trinajstić information content (AvgIpc) is 2.42. The molecule has 20 heavy (non-hydrogen) atoms. The van der Waals surface area contributed by atoms with Gasteiger partial charge < -0.3 is 16.2 Å². The number of benzene rings is 2. The highest BCUT2D eigenvalue weighted by Crippen LogP contribution is 2.17. The first-order valence-corrected chi connectivity index (χ1v) is 5.98. The fraction of sp³-hybridized carbons (Fsp3) is 0.0667. The van der Waals surface area contributed by atoms with E-state index in [2.05, 4.69) is 5.32 Å². The Hall–Kier alpha value is -2.82. The predicted molar refractivity (Wildman–Crippen MR) is 76.9 cm³/mol. The van der Waals surface area contributed by atoms with Gasteiger partial charge in [-0.25, -0.2) is 4.79 Å². The van der Waals surface area contributed by atoms with Crippen LogP contribution in [-0.2, 0) is 0 Å². The van der Waals surface area contributed by atoms with Gasteiger partial charge >= 0.3 is 5.97 Å². The van der Waals surface area contributed by atoms with Crippen LogP contribution in [-0.4, -0.2) is 17.0 Å². The molecule has 0 spiro atoms. The van der Waals surface area contributed by atoms with E-state index in [-0.39, 0.29) is 11.5 Å². The van der Waals surface area contributed by atoms with Crippen LogP contribution in [0.25, 0.3) is 0 Å². The number of carboxylic acids is 1. The van der Waals surface area contributed by atoms with Gasteiger partial charge in [0.15, 0.2) is 0 Å². The number of nitrogens with two attached hydrogens (primary N) is 1. The van der Waals surface area contributed by atoms with Crippen LogP contribution in [0, 0.1) is 6.92 Å². The van der Waals surface area contributed by atoms with Crippen LogP contribution < -0.4 is 11.1 Å². The fourth-order valence-corrected chi connectivity index (χ4v) is 1.76. The van der Waals surface area contributed by atoms with Gasteiger partial charge in [0.25, 0.3) is 5.91 Å². The van der Waals surface area contributed by atoms with Crippen LogP contribution in [0.3, 0.4) is 0 Å². The van der Waals surface area contributed by atoms with Crippen molar-refractivity contribution < 1.29 is 14.7 Å². The van der Waals surface area contributed by atoms with Gasteiger partial charge in [-0.1, -0.05) is 11.6 Å². The van der Waals surface area contributed by atoms with Crippen molar-refractivity contribution in [1.82, 2.24) is 0 Å². The summed E-state index contributed by atoms with van der Waals surface area (Å²) in [6.07, 6.45) is 0. The third kappa shape index (κ3) is 2.95. The smallest absolute Gasteiger partial charge is 0.335 e. The summed E-state index contributed by atoms with van der Waals surface area (Å²) in [5, 5.41) is 11.5. The molecule has 0 heterocycles. The molecule has 0 aliphatic heterocycles. The molecular formula is C15H14N2O3. The van der Waals surface area contributed by atoms with Crippen molar-refractivity contribution in [2.75, 3.05) is 11.1 Å². The Balaban J connectivity index is 2.19. The molecule has 0 bridgehead atoms. The zero-order valence-corrected chi connectivity index (χ0v) is 10.9. The standard InChI is InChI=1S/C15H14N2O3/c1-9-2-7-13(16)12(8-9)14(18)17-11-5-3-10(4-6-11)15(19)20/h2-8H,16H2,1H3,(H,17,18)(H,19,20). The molecule has 0 aliphatic rings. The van der Waals surface area contributed by atoms with Gasteiger partial charge in [-0.15, -0.1) is 0 Å². The minimum Gasteiger partial charge on any atom is -0.478 e. The van der Waals surface area contributed by atoms with Crippen LogP contribution in [0.4, 0.5) is 11.4 Å². The number of aryl methyl sites for hydroxylation is 1. The molecule has 1 amide bonds. The van der Waals surface area contributed by atoms with E-state index in [1.165, 1.54) is 24.3 Å². The lowest BCUT2D eigenvalue weighted by molar-refractivity contribution is 0.0696. The molecular weight excluding hydrogens is 256 g/mol. The molecule has 2 aromatic rings. The van der Waals surface area contributed by atoms with Crippen molar-refractivity contribution in [2.24, 2.45) is 0 Å². The molecule has 0 atom stereocenters. The number of nitrogen functional groups attached to an aromatic ring is 1. The van der Waals surface area contributed by atoms with E-state index in [0.29, 0.717) is 16.9 Å². The Morgan fingerprint density at radius 3 is 2.35 bits per heavy atom. The Bertz CT molecular complexity index is 663. The topological polar surface area (TPSA) is 92.4 Å². The van der Waals surface area contributed by atoms with Crippen molar-refractivity contribution in [3.63, 3.8) is 0 Å². The van der Waals surface area contributed by atoms with Gasteiger partial charge in [0.05, 0.1) is 11.1 Å². The first kappa shape index (κ1) is 13.6. The number of carbonyl (C=O) groups excluding carboxylic acids is 1. The Morgan fingerprint density at radius 1 is 1.10 bits per heavy atom. The van der Waals surface area contributed by atoms with E-state index >= 15 is 0 Å². The summed E-state index contributed by atoms with van der Waals surface area (Å²) in [5.74, 6) is -1.33. The van der Waals surface area contributed by atoms with E-state index in [9.17, 15) is 9.59 Å². The highest BCUT2D eigenvalue weighted by Gasteiger charge is 2.10. The normalized spacial score (nSPS) is 10.1. The summed E-state index contributed by atoms with van der Waals surface area (Å²) in [4.78, 5) is 22.8. The maximum absolute atomic E-state index is 12.1. The number of hydrogen-bond donors (Lipinski definition) is 3. The highest BCUT2D eigenvalue weighted by atomic mass is 16.4. The molecule has 5 heteroatoms. The first-order chi connectivity index (χ1) is 9.47. The summed E-state index contributed by atoms with van der Waals surface area (Å²) in [6.45, 7) is 1.87. The van der Waals surface area contributed by atoms with Gasteiger partial charge in [0.2, 0.25) is 0 Å². The van der Waals surface area contributed by atoms with E-state index in [1.54, 1.807) is 12.1 Å². The molecule has 0 aromatic heterocycles. The maximum atomic E-state index is 12.1. The molecule has 4 N–H and O–H groups in total. The van der Waals surface area contributed by atoms with E-state index in [0.717, 1.165) is 5.56 Å². The Kier molecular flexibility index (Phi) is 3.70. The predicted octanol–water partition coefficient (Wildman–Crippen LogP) is 2.53. The van der Waals surface area contributed by atoms with Crippen LogP contribution in [0.2, 0.25) is 0 Å². The number of aromatic carboxylic acids is 1. The summed E-state index contributed by atoms with van der Waals surface area (Å²) in [6, 6.07) is 11.1. The Morgan fingerprint density at radius 2 is 1.75 bits per heavy atom. The van der Waals surface area contributed by atoms with E-state index < -0.39 is 5.97 Å². The zero-order valence-electron chi connectivity index (χ0n) is 10.9. The third-order valence-corrected chi connectivity index (χ3v) is 2.84. The molecule has 0 saturated carbocycles. The Labute approximate surface area is 116 Å².